The molecule has 2 heterocycles. The molecule has 0 spiro atoms. The summed E-state index contributed by atoms with van der Waals surface area (Å²) in [6, 6.07) is 6.91. The number of anilines is 1. The Morgan fingerprint density at radius 1 is 1.25 bits per heavy atom. The van der Waals surface area contributed by atoms with Crippen LogP contribution >= 0.6 is 0 Å². The quantitative estimate of drug-likeness (QED) is 0.783. The van der Waals surface area contributed by atoms with Crippen LogP contribution in [0.1, 0.15) is 24.6 Å². The minimum atomic E-state index is -0.604. The number of hydrogen-bond acceptors (Lipinski definition) is 5. The van der Waals surface area contributed by atoms with Gasteiger partial charge in [0.05, 0.1) is 26.5 Å². The standard InChI is InChI=1S/C20H26N4O4/c1-13-11-18-23(22-13)10-8-19(25)24(18)14(2)20(26)21-9-7-15-5-6-16(27-3)17(12-15)28-4/h5-6,11-12,14H,7-10H2,1-4H3,(H,21,26). The van der Waals surface area contributed by atoms with Crippen LogP contribution in [0.3, 0.4) is 0 Å². The summed E-state index contributed by atoms with van der Waals surface area (Å²) in [5, 5.41) is 7.30. The van der Waals surface area contributed by atoms with E-state index in [2.05, 4.69) is 10.4 Å². The zero-order valence-electron chi connectivity index (χ0n) is 16.7. The van der Waals surface area contributed by atoms with Gasteiger partial charge in [-0.15, -0.1) is 0 Å². The lowest BCUT2D eigenvalue weighted by atomic mass is 10.1. The van der Waals surface area contributed by atoms with Gasteiger partial charge in [-0.2, -0.15) is 5.10 Å². The van der Waals surface area contributed by atoms with Crippen molar-refractivity contribution in [2.75, 3.05) is 25.7 Å². The van der Waals surface area contributed by atoms with E-state index in [1.165, 1.54) is 4.90 Å². The number of nitrogens with zero attached hydrogens (tertiary/aromatic N) is 3. The smallest absolute Gasteiger partial charge is 0.242 e. The van der Waals surface area contributed by atoms with Gasteiger partial charge < -0.3 is 14.8 Å². The summed E-state index contributed by atoms with van der Waals surface area (Å²) in [6.07, 6.45) is 0.987. The van der Waals surface area contributed by atoms with Crippen molar-refractivity contribution in [3.63, 3.8) is 0 Å². The summed E-state index contributed by atoms with van der Waals surface area (Å²) in [7, 11) is 3.18. The van der Waals surface area contributed by atoms with Crippen LogP contribution in [-0.4, -0.2) is 48.4 Å². The normalized spacial score (nSPS) is 14.4. The van der Waals surface area contributed by atoms with Crippen molar-refractivity contribution in [3.05, 3.63) is 35.5 Å². The van der Waals surface area contributed by atoms with Crippen molar-refractivity contribution in [2.24, 2.45) is 0 Å². The third-order valence-corrected chi connectivity index (χ3v) is 4.86. The minimum Gasteiger partial charge on any atom is -0.493 e. The molecule has 1 aliphatic rings. The van der Waals surface area contributed by atoms with E-state index in [0.29, 0.717) is 43.2 Å². The van der Waals surface area contributed by atoms with Crippen LogP contribution in [0.25, 0.3) is 0 Å². The zero-order chi connectivity index (χ0) is 20.3. The van der Waals surface area contributed by atoms with Crippen molar-refractivity contribution in [1.29, 1.82) is 0 Å². The molecule has 0 saturated carbocycles. The highest BCUT2D eigenvalue weighted by atomic mass is 16.5. The van der Waals surface area contributed by atoms with Gasteiger partial charge in [0.15, 0.2) is 11.5 Å². The zero-order valence-corrected chi connectivity index (χ0v) is 16.7. The second kappa shape index (κ2) is 8.33. The molecule has 3 rings (SSSR count). The van der Waals surface area contributed by atoms with Crippen LogP contribution in [0.2, 0.25) is 0 Å². The van der Waals surface area contributed by atoms with Crippen molar-refractivity contribution in [2.45, 2.75) is 39.3 Å². The number of aromatic nitrogens is 2. The lowest BCUT2D eigenvalue weighted by Crippen LogP contribution is -2.51. The average molecular weight is 386 g/mol. The summed E-state index contributed by atoms with van der Waals surface area (Å²) in [4.78, 5) is 26.6. The second-order valence-corrected chi connectivity index (χ2v) is 6.79. The van der Waals surface area contributed by atoms with E-state index < -0.39 is 6.04 Å². The number of nitrogens with one attached hydrogen (secondary N) is 1. The predicted octanol–water partition coefficient (Wildman–Crippen LogP) is 1.69. The second-order valence-electron chi connectivity index (χ2n) is 6.79. The summed E-state index contributed by atoms with van der Waals surface area (Å²) >= 11 is 0. The van der Waals surface area contributed by atoms with E-state index in [0.717, 1.165) is 11.3 Å². The first-order chi connectivity index (χ1) is 13.4. The Balaban J connectivity index is 1.61. The molecule has 1 unspecified atom stereocenters. The molecule has 0 saturated heterocycles. The topological polar surface area (TPSA) is 85.7 Å². The fraction of sp³-hybridized carbons (Fsp3) is 0.450. The van der Waals surface area contributed by atoms with Gasteiger partial charge in [-0.05, 0) is 38.0 Å². The number of carbonyl (C=O) groups is 2. The molecule has 0 bridgehead atoms. The number of ether oxygens (including phenoxy) is 2. The van der Waals surface area contributed by atoms with Crippen molar-refractivity contribution in [3.8, 4) is 11.5 Å². The maximum Gasteiger partial charge on any atom is 0.242 e. The molecular formula is C20H26N4O4. The highest BCUT2D eigenvalue weighted by Crippen LogP contribution is 2.28. The fourth-order valence-corrected chi connectivity index (χ4v) is 3.39. The maximum atomic E-state index is 12.6. The van der Waals surface area contributed by atoms with Gasteiger partial charge in [0.25, 0.3) is 0 Å². The van der Waals surface area contributed by atoms with Crippen LogP contribution in [-0.2, 0) is 22.6 Å². The molecule has 1 N–H and O–H groups in total. The van der Waals surface area contributed by atoms with E-state index in [9.17, 15) is 9.59 Å². The summed E-state index contributed by atoms with van der Waals surface area (Å²) in [5.41, 5.74) is 1.85. The average Bonchev–Trinajstić information content (AvgIpc) is 3.07. The molecule has 0 fully saturated rings. The Labute approximate surface area is 164 Å². The van der Waals surface area contributed by atoms with Crippen molar-refractivity contribution >= 4 is 17.6 Å². The molecule has 2 amide bonds. The van der Waals surface area contributed by atoms with Crippen LogP contribution in [0.5, 0.6) is 11.5 Å². The first-order valence-corrected chi connectivity index (χ1v) is 9.29. The molecule has 0 radical (unpaired) electrons. The van der Waals surface area contributed by atoms with Gasteiger partial charge >= 0.3 is 0 Å². The summed E-state index contributed by atoms with van der Waals surface area (Å²) < 4.78 is 12.3. The number of carbonyl (C=O) groups excluding carboxylic acids is 2. The van der Waals surface area contributed by atoms with Crippen LogP contribution in [0, 0.1) is 6.92 Å². The van der Waals surface area contributed by atoms with Gasteiger partial charge in [-0.3, -0.25) is 14.5 Å². The Hall–Kier alpha value is -3.03. The number of rotatable bonds is 7. The molecular weight excluding hydrogens is 360 g/mol. The van der Waals surface area contributed by atoms with Gasteiger partial charge in [0, 0.05) is 19.0 Å². The third kappa shape index (κ3) is 3.95. The fourth-order valence-electron chi connectivity index (χ4n) is 3.39. The van der Waals surface area contributed by atoms with E-state index in [1.807, 2.05) is 31.2 Å². The number of aryl methyl sites for hydroxylation is 2. The molecule has 0 aliphatic carbocycles. The monoisotopic (exact) mass is 386 g/mol. The SMILES string of the molecule is COc1ccc(CCNC(=O)C(C)N2C(=O)CCn3nc(C)cc32)cc1OC. The lowest BCUT2D eigenvalue weighted by Gasteiger charge is -2.31. The number of amides is 2. The van der Waals surface area contributed by atoms with Crippen molar-refractivity contribution in [1.82, 2.24) is 15.1 Å². The van der Waals surface area contributed by atoms with Gasteiger partial charge in [0.2, 0.25) is 11.8 Å². The van der Waals surface area contributed by atoms with E-state index in [1.54, 1.807) is 25.8 Å². The Morgan fingerprint density at radius 3 is 2.71 bits per heavy atom. The molecule has 1 aromatic heterocycles. The molecule has 2 aromatic rings. The van der Waals surface area contributed by atoms with Gasteiger partial charge in [-0.1, -0.05) is 6.07 Å². The van der Waals surface area contributed by atoms with Gasteiger partial charge in [-0.25, -0.2) is 4.68 Å². The molecule has 150 valence electrons. The molecule has 1 aromatic carbocycles. The first kappa shape index (κ1) is 19.7. The number of benzene rings is 1. The summed E-state index contributed by atoms with van der Waals surface area (Å²) in [6.45, 7) is 4.62. The van der Waals surface area contributed by atoms with Gasteiger partial charge in [0.1, 0.15) is 11.9 Å². The number of methoxy groups -OCH3 is 2. The number of fused-ring (bicyclic) bond motifs is 1. The third-order valence-electron chi connectivity index (χ3n) is 4.86. The van der Waals surface area contributed by atoms with E-state index >= 15 is 0 Å². The largest absolute Gasteiger partial charge is 0.493 e. The van der Waals surface area contributed by atoms with E-state index in [-0.39, 0.29) is 11.8 Å². The molecule has 1 aliphatic heterocycles. The van der Waals surface area contributed by atoms with E-state index in [4.69, 9.17) is 9.47 Å². The molecule has 28 heavy (non-hydrogen) atoms. The Morgan fingerprint density at radius 2 is 2.00 bits per heavy atom. The maximum absolute atomic E-state index is 12.6. The predicted molar refractivity (Wildman–Crippen MR) is 105 cm³/mol. The highest BCUT2D eigenvalue weighted by Gasteiger charge is 2.32. The minimum absolute atomic E-state index is 0.0602. The van der Waals surface area contributed by atoms with Crippen LogP contribution in [0.15, 0.2) is 24.3 Å². The molecule has 1 atom stereocenters. The summed E-state index contributed by atoms with van der Waals surface area (Å²) in [5.74, 6) is 1.74. The Kier molecular flexibility index (Phi) is 5.87. The molecule has 8 nitrogen and oxygen atoms in total. The lowest BCUT2D eigenvalue weighted by molar-refractivity contribution is -0.126. The Bertz CT molecular complexity index is 877. The first-order valence-electron chi connectivity index (χ1n) is 9.29. The highest BCUT2D eigenvalue weighted by molar-refractivity contribution is 6.00. The van der Waals surface area contributed by atoms with Crippen LogP contribution < -0.4 is 19.7 Å². The number of hydrogen-bond donors (Lipinski definition) is 1. The molecule has 8 heteroatoms. The van der Waals surface area contributed by atoms with Crippen molar-refractivity contribution < 1.29 is 19.1 Å². The van der Waals surface area contributed by atoms with Crippen LogP contribution in [0.4, 0.5) is 5.82 Å².